The molecular weight excluding hydrogens is 288 g/mol. The number of methoxy groups -OCH3 is 1. The summed E-state index contributed by atoms with van der Waals surface area (Å²) in [6.45, 7) is 6.25. The molecule has 1 aromatic rings. The second-order valence-corrected chi connectivity index (χ2v) is 7.70. The van der Waals surface area contributed by atoms with Gasteiger partial charge >= 0.3 is 0 Å². The van der Waals surface area contributed by atoms with E-state index in [4.69, 9.17) is 4.74 Å². The Labute approximate surface area is 127 Å². The van der Waals surface area contributed by atoms with Gasteiger partial charge in [0.25, 0.3) is 0 Å². The molecule has 0 aromatic heterocycles. The van der Waals surface area contributed by atoms with Crippen LogP contribution in [0.1, 0.15) is 20.3 Å². The largest absolute Gasteiger partial charge is 0.497 e. The van der Waals surface area contributed by atoms with Crippen molar-refractivity contribution in [1.82, 2.24) is 4.31 Å². The summed E-state index contributed by atoms with van der Waals surface area (Å²) in [6, 6.07) is 7.88. The van der Waals surface area contributed by atoms with Gasteiger partial charge in [0, 0.05) is 31.9 Å². The Hall–Kier alpha value is -1.27. The Bertz CT molecular complexity index is 549. The van der Waals surface area contributed by atoms with Crippen LogP contribution in [-0.4, -0.2) is 51.3 Å². The summed E-state index contributed by atoms with van der Waals surface area (Å²) in [7, 11) is -1.50. The summed E-state index contributed by atoms with van der Waals surface area (Å²) in [5.74, 6) is 0.830. The maximum Gasteiger partial charge on any atom is 0.216 e. The topological polar surface area (TPSA) is 49.9 Å². The first-order chi connectivity index (χ1) is 9.98. The lowest BCUT2D eigenvalue weighted by Gasteiger charge is -2.36. The Morgan fingerprint density at radius 3 is 2.19 bits per heavy atom. The number of hydrogen-bond donors (Lipinski definition) is 0. The molecule has 2 rings (SSSR count). The molecule has 0 bridgehead atoms. The van der Waals surface area contributed by atoms with Crippen molar-refractivity contribution in [3.05, 3.63) is 24.3 Å². The molecule has 1 unspecified atom stereocenters. The van der Waals surface area contributed by atoms with E-state index in [-0.39, 0.29) is 5.25 Å². The summed E-state index contributed by atoms with van der Waals surface area (Å²) >= 11 is 0. The summed E-state index contributed by atoms with van der Waals surface area (Å²) in [6.07, 6.45) is 0.654. The second-order valence-electron chi connectivity index (χ2n) is 5.35. The molecular formula is C15H24N2O3S. The smallest absolute Gasteiger partial charge is 0.216 e. The first kappa shape index (κ1) is 16.1. The predicted octanol–water partition coefficient (Wildman–Crippen LogP) is 1.95. The van der Waals surface area contributed by atoms with Crippen LogP contribution < -0.4 is 9.64 Å². The van der Waals surface area contributed by atoms with Gasteiger partial charge in [0.05, 0.1) is 12.4 Å². The average molecular weight is 312 g/mol. The number of benzene rings is 1. The van der Waals surface area contributed by atoms with Gasteiger partial charge in [-0.1, -0.05) is 6.92 Å². The number of sulfonamides is 1. The highest BCUT2D eigenvalue weighted by Gasteiger charge is 2.30. The number of hydrogen-bond acceptors (Lipinski definition) is 4. The first-order valence-electron chi connectivity index (χ1n) is 7.37. The van der Waals surface area contributed by atoms with Crippen molar-refractivity contribution in [2.75, 3.05) is 38.2 Å². The lowest BCUT2D eigenvalue weighted by molar-refractivity contribution is 0.379. The third kappa shape index (κ3) is 3.49. The number of piperazine rings is 1. The van der Waals surface area contributed by atoms with E-state index in [1.807, 2.05) is 31.2 Å². The molecule has 1 aliphatic heterocycles. The fourth-order valence-electron chi connectivity index (χ4n) is 2.46. The van der Waals surface area contributed by atoms with Crippen LogP contribution in [0.4, 0.5) is 5.69 Å². The van der Waals surface area contributed by atoms with Crippen LogP contribution in [0.3, 0.4) is 0 Å². The van der Waals surface area contributed by atoms with Crippen molar-refractivity contribution in [1.29, 1.82) is 0 Å². The van der Waals surface area contributed by atoms with Crippen molar-refractivity contribution >= 4 is 15.7 Å². The van der Waals surface area contributed by atoms with E-state index in [1.54, 1.807) is 18.3 Å². The van der Waals surface area contributed by atoms with E-state index in [9.17, 15) is 8.42 Å². The maximum absolute atomic E-state index is 12.3. The highest BCUT2D eigenvalue weighted by atomic mass is 32.2. The van der Waals surface area contributed by atoms with Crippen LogP contribution in [-0.2, 0) is 10.0 Å². The standard InChI is InChI=1S/C15H24N2O3S/c1-4-13(2)21(18,19)17-11-9-16(10-12-17)14-5-7-15(20-3)8-6-14/h5-8,13H,4,9-12H2,1-3H3. The maximum atomic E-state index is 12.3. The molecule has 1 aromatic carbocycles. The summed E-state index contributed by atoms with van der Waals surface area (Å²) in [5.41, 5.74) is 1.11. The van der Waals surface area contributed by atoms with E-state index in [0.717, 1.165) is 24.5 Å². The predicted molar refractivity (Wildman–Crippen MR) is 85.5 cm³/mol. The molecule has 0 N–H and O–H groups in total. The van der Waals surface area contributed by atoms with E-state index in [2.05, 4.69) is 4.90 Å². The Morgan fingerprint density at radius 2 is 1.71 bits per heavy atom. The normalized spacial score (nSPS) is 18.5. The minimum absolute atomic E-state index is 0.301. The minimum Gasteiger partial charge on any atom is -0.497 e. The van der Waals surface area contributed by atoms with Crippen molar-refractivity contribution in [3.63, 3.8) is 0 Å². The van der Waals surface area contributed by atoms with Crippen molar-refractivity contribution in [2.45, 2.75) is 25.5 Å². The highest BCUT2D eigenvalue weighted by Crippen LogP contribution is 2.22. The van der Waals surface area contributed by atoms with Crippen LogP contribution in [0.5, 0.6) is 5.75 Å². The molecule has 21 heavy (non-hydrogen) atoms. The van der Waals surface area contributed by atoms with E-state index >= 15 is 0 Å². The molecule has 5 nitrogen and oxygen atoms in total. The molecule has 0 spiro atoms. The fourth-order valence-corrected chi connectivity index (χ4v) is 4.06. The number of rotatable bonds is 5. The molecule has 0 amide bonds. The molecule has 118 valence electrons. The van der Waals surface area contributed by atoms with Gasteiger partial charge in [-0.3, -0.25) is 0 Å². The zero-order chi connectivity index (χ0) is 15.5. The zero-order valence-electron chi connectivity index (χ0n) is 12.9. The van der Waals surface area contributed by atoms with Gasteiger partial charge in [0.2, 0.25) is 10.0 Å². The van der Waals surface area contributed by atoms with E-state index in [1.165, 1.54) is 0 Å². The Balaban J connectivity index is 1.99. The van der Waals surface area contributed by atoms with Crippen LogP contribution in [0, 0.1) is 0 Å². The van der Waals surface area contributed by atoms with E-state index < -0.39 is 10.0 Å². The van der Waals surface area contributed by atoms with Gasteiger partial charge in [-0.2, -0.15) is 4.31 Å². The van der Waals surface area contributed by atoms with Gasteiger partial charge in [-0.25, -0.2) is 8.42 Å². The highest BCUT2D eigenvalue weighted by molar-refractivity contribution is 7.89. The minimum atomic E-state index is -3.14. The zero-order valence-corrected chi connectivity index (χ0v) is 13.8. The number of ether oxygens (including phenoxy) is 1. The first-order valence-corrected chi connectivity index (χ1v) is 8.87. The van der Waals surface area contributed by atoms with Crippen molar-refractivity contribution < 1.29 is 13.2 Å². The fraction of sp³-hybridized carbons (Fsp3) is 0.600. The molecule has 1 atom stereocenters. The van der Waals surface area contributed by atoms with Gasteiger partial charge in [-0.05, 0) is 37.6 Å². The lowest BCUT2D eigenvalue weighted by atomic mass is 10.2. The van der Waals surface area contributed by atoms with Gasteiger partial charge in [-0.15, -0.1) is 0 Å². The lowest BCUT2D eigenvalue weighted by Crippen LogP contribution is -2.50. The summed E-state index contributed by atoms with van der Waals surface area (Å²) < 4.78 is 31.4. The van der Waals surface area contributed by atoms with Gasteiger partial charge < -0.3 is 9.64 Å². The molecule has 0 aliphatic carbocycles. The molecule has 1 heterocycles. The third-order valence-corrected chi connectivity index (χ3v) is 6.55. The summed E-state index contributed by atoms with van der Waals surface area (Å²) in [4.78, 5) is 2.21. The molecule has 0 radical (unpaired) electrons. The Morgan fingerprint density at radius 1 is 1.14 bits per heavy atom. The molecule has 0 saturated carbocycles. The molecule has 1 saturated heterocycles. The van der Waals surface area contributed by atoms with Crippen LogP contribution in [0.15, 0.2) is 24.3 Å². The third-order valence-electron chi connectivity index (χ3n) is 4.12. The molecule has 1 fully saturated rings. The van der Waals surface area contributed by atoms with Crippen molar-refractivity contribution in [3.8, 4) is 5.75 Å². The quantitative estimate of drug-likeness (QED) is 0.834. The molecule has 6 heteroatoms. The average Bonchev–Trinajstić information content (AvgIpc) is 2.54. The van der Waals surface area contributed by atoms with Crippen LogP contribution in [0.25, 0.3) is 0 Å². The van der Waals surface area contributed by atoms with Gasteiger partial charge in [0.1, 0.15) is 5.75 Å². The van der Waals surface area contributed by atoms with Gasteiger partial charge in [0.15, 0.2) is 0 Å². The summed E-state index contributed by atoms with van der Waals surface area (Å²) in [5, 5.41) is -0.301. The van der Waals surface area contributed by atoms with Crippen molar-refractivity contribution in [2.24, 2.45) is 0 Å². The molecule has 1 aliphatic rings. The second kappa shape index (κ2) is 6.66. The van der Waals surface area contributed by atoms with E-state index in [0.29, 0.717) is 19.5 Å². The monoisotopic (exact) mass is 312 g/mol. The van der Waals surface area contributed by atoms with Crippen LogP contribution in [0.2, 0.25) is 0 Å². The Kier molecular flexibility index (Phi) is 5.11. The van der Waals surface area contributed by atoms with Crippen LogP contribution >= 0.6 is 0 Å². The number of anilines is 1. The SMILES string of the molecule is CCC(C)S(=O)(=O)N1CCN(c2ccc(OC)cc2)CC1. The number of nitrogens with zero attached hydrogens (tertiary/aromatic N) is 2.